The zero-order valence-corrected chi connectivity index (χ0v) is 16.2. The van der Waals surface area contributed by atoms with Gasteiger partial charge in [0.1, 0.15) is 5.75 Å². The van der Waals surface area contributed by atoms with Crippen LogP contribution in [-0.4, -0.2) is 25.4 Å². The molecule has 3 nitrogen and oxygen atoms in total. The van der Waals surface area contributed by atoms with Crippen LogP contribution in [0.3, 0.4) is 0 Å². The molecule has 2 heterocycles. The molecule has 0 radical (unpaired) electrons. The maximum atomic E-state index is 6.29. The molecule has 25 heavy (non-hydrogen) atoms. The van der Waals surface area contributed by atoms with Gasteiger partial charge >= 0.3 is 7.12 Å². The van der Waals surface area contributed by atoms with E-state index in [2.05, 4.69) is 58.0 Å². The monoisotopic (exact) mass is 354 g/mol. The van der Waals surface area contributed by atoms with Gasteiger partial charge in [-0.05, 0) is 68.9 Å². The molecule has 1 saturated heterocycles. The number of hydrogen-bond acceptors (Lipinski definition) is 4. The van der Waals surface area contributed by atoms with Crippen molar-refractivity contribution in [1.29, 1.82) is 0 Å². The van der Waals surface area contributed by atoms with E-state index in [-0.39, 0.29) is 18.3 Å². The zero-order valence-electron chi connectivity index (χ0n) is 15.4. The summed E-state index contributed by atoms with van der Waals surface area (Å²) in [7, 11) is 1.38. The normalized spacial score (nSPS) is 20.1. The first kappa shape index (κ1) is 17.0. The number of rotatable bonds is 2. The van der Waals surface area contributed by atoms with Crippen molar-refractivity contribution in [3.8, 4) is 5.75 Å². The fourth-order valence-electron chi connectivity index (χ4n) is 3.26. The van der Waals surface area contributed by atoms with E-state index in [9.17, 15) is 0 Å². The fraction of sp³-hybridized carbons (Fsp3) is 0.400. The molecule has 2 aliphatic heterocycles. The first-order valence-corrected chi connectivity index (χ1v) is 9.44. The van der Waals surface area contributed by atoms with E-state index >= 15 is 0 Å². The molecule has 0 amide bonds. The van der Waals surface area contributed by atoms with Gasteiger partial charge in [-0.2, -0.15) is 0 Å². The van der Waals surface area contributed by atoms with Gasteiger partial charge < -0.3 is 14.0 Å². The summed E-state index contributed by atoms with van der Waals surface area (Å²) < 4.78 is 17.9. The number of ether oxygens (including phenoxy) is 1. The second-order valence-electron chi connectivity index (χ2n) is 7.68. The zero-order chi connectivity index (χ0) is 17.8. The van der Waals surface area contributed by atoms with Crippen LogP contribution in [0.5, 0.6) is 5.75 Å². The van der Waals surface area contributed by atoms with E-state index < -0.39 is 0 Å². The largest absolute Gasteiger partial charge is 0.497 e. The van der Waals surface area contributed by atoms with Crippen molar-refractivity contribution in [2.45, 2.75) is 55.1 Å². The lowest BCUT2D eigenvalue weighted by molar-refractivity contribution is 0.00578. The van der Waals surface area contributed by atoms with Crippen LogP contribution in [0.25, 0.3) is 0 Å². The molecule has 0 bridgehead atoms. The summed E-state index contributed by atoms with van der Waals surface area (Å²) in [6.07, 6.45) is 0.905. The summed E-state index contributed by atoms with van der Waals surface area (Å²) in [5.74, 6) is 0.907. The van der Waals surface area contributed by atoms with Gasteiger partial charge in [0.25, 0.3) is 0 Å². The molecule has 2 aromatic carbocycles. The molecule has 1 fully saturated rings. The molecule has 0 spiro atoms. The van der Waals surface area contributed by atoms with Crippen molar-refractivity contribution in [2.24, 2.45) is 0 Å². The average molecular weight is 354 g/mol. The van der Waals surface area contributed by atoms with Crippen LogP contribution >= 0.6 is 11.8 Å². The summed E-state index contributed by atoms with van der Waals surface area (Å²) in [6.45, 7) is 8.38. The highest BCUT2D eigenvalue weighted by molar-refractivity contribution is 7.99. The van der Waals surface area contributed by atoms with Crippen LogP contribution in [0.1, 0.15) is 38.8 Å². The van der Waals surface area contributed by atoms with E-state index in [1.165, 1.54) is 20.9 Å². The minimum Gasteiger partial charge on any atom is -0.497 e. The van der Waals surface area contributed by atoms with Crippen molar-refractivity contribution in [3.05, 3.63) is 47.5 Å². The molecular weight excluding hydrogens is 331 g/mol. The Kier molecular flexibility index (Phi) is 3.94. The van der Waals surface area contributed by atoms with Gasteiger partial charge in [-0.15, -0.1) is 0 Å². The summed E-state index contributed by atoms with van der Waals surface area (Å²) in [5.41, 5.74) is 3.10. The lowest BCUT2D eigenvalue weighted by Gasteiger charge is -2.32. The minimum atomic E-state index is -0.328. The Bertz CT molecular complexity index is 816. The molecule has 0 unspecified atom stereocenters. The highest BCUT2D eigenvalue weighted by Crippen LogP contribution is 2.42. The number of methoxy groups -OCH3 is 1. The Hall–Kier alpha value is -1.43. The molecule has 0 atom stereocenters. The molecule has 2 aliphatic rings. The first-order chi connectivity index (χ1) is 11.8. The maximum Gasteiger partial charge on any atom is 0.496 e. The highest BCUT2D eigenvalue weighted by Gasteiger charge is 2.52. The lowest BCUT2D eigenvalue weighted by Crippen LogP contribution is -2.41. The molecule has 4 rings (SSSR count). The third kappa shape index (κ3) is 2.79. The molecule has 130 valence electrons. The topological polar surface area (TPSA) is 27.7 Å². The Balaban J connectivity index is 1.71. The molecule has 2 aromatic rings. The third-order valence-corrected chi connectivity index (χ3v) is 6.81. The Morgan fingerprint density at radius 1 is 1.00 bits per heavy atom. The van der Waals surface area contributed by atoms with Crippen LogP contribution in [-0.2, 0) is 15.7 Å². The molecule has 0 saturated carbocycles. The Morgan fingerprint density at radius 2 is 1.72 bits per heavy atom. The minimum absolute atomic E-state index is 0.327. The quantitative estimate of drug-likeness (QED) is 0.649. The second-order valence-corrected chi connectivity index (χ2v) is 8.73. The van der Waals surface area contributed by atoms with E-state index in [1.807, 2.05) is 6.07 Å². The summed E-state index contributed by atoms with van der Waals surface area (Å²) in [4.78, 5) is 2.54. The van der Waals surface area contributed by atoms with Crippen LogP contribution < -0.4 is 10.2 Å². The van der Waals surface area contributed by atoms with Gasteiger partial charge in [0.15, 0.2) is 0 Å². The van der Waals surface area contributed by atoms with Crippen molar-refractivity contribution >= 4 is 24.3 Å². The van der Waals surface area contributed by atoms with Gasteiger partial charge in [0, 0.05) is 9.79 Å². The van der Waals surface area contributed by atoms with E-state index in [1.54, 1.807) is 18.9 Å². The summed E-state index contributed by atoms with van der Waals surface area (Å²) in [6, 6.07) is 12.7. The highest BCUT2D eigenvalue weighted by atomic mass is 32.2. The fourth-order valence-corrected chi connectivity index (χ4v) is 4.43. The predicted molar refractivity (Wildman–Crippen MR) is 102 cm³/mol. The van der Waals surface area contributed by atoms with Crippen molar-refractivity contribution in [1.82, 2.24) is 0 Å². The molecule has 5 heteroatoms. The number of hydrogen-bond donors (Lipinski definition) is 0. The molecule has 0 aromatic heterocycles. The van der Waals surface area contributed by atoms with Gasteiger partial charge in [-0.1, -0.05) is 30.0 Å². The first-order valence-electron chi connectivity index (χ1n) is 8.63. The van der Waals surface area contributed by atoms with Crippen molar-refractivity contribution in [3.63, 3.8) is 0 Å². The number of benzene rings is 2. The van der Waals surface area contributed by atoms with E-state index in [4.69, 9.17) is 14.0 Å². The van der Waals surface area contributed by atoms with Gasteiger partial charge in [-0.25, -0.2) is 0 Å². The van der Waals surface area contributed by atoms with Crippen molar-refractivity contribution in [2.75, 3.05) is 7.11 Å². The van der Waals surface area contributed by atoms with E-state index in [0.717, 1.165) is 17.6 Å². The van der Waals surface area contributed by atoms with Crippen molar-refractivity contribution < 1.29 is 14.0 Å². The standard InChI is InChI=1S/C20H23BO3S/c1-19(2)20(3,4)24-21(23-19)16-8-6-7-13-11-14-12-15(22-5)9-10-17(14)25-18(13)16/h6-10,12H,11H2,1-5H3. The summed E-state index contributed by atoms with van der Waals surface area (Å²) in [5, 5.41) is 0. The Morgan fingerprint density at radius 3 is 2.40 bits per heavy atom. The van der Waals surface area contributed by atoms with Crippen LogP contribution in [0.2, 0.25) is 0 Å². The smallest absolute Gasteiger partial charge is 0.496 e. The van der Waals surface area contributed by atoms with Crippen LogP contribution in [0.15, 0.2) is 46.2 Å². The SMILES string of the molecule is COc1ccc2c(c1)Cc1cccc(B3OC(C)(C)C(C)(C)O3)c1S2. The molecular formula is C20H23BO3S. The predicted octanol–water partition coefficient (Wildman–Crippen LogP) is 4.05. The molecule has 0 N–H and O–H groups in total. The van der Waals surface area contributed by atoms with Crippen LogP contribution in [0, 0.1) is 0 Å². The van der Waals surface area contributed by atoms with Gasteiger partial charge in [-0.3, -0.25) is 0 Å². The van der Waals surface area contributed by atoms with E-state index in [0.29, 0.717) is 0 Å². The molecule has 0 aliphatic carbocycles. The Labute approximate surface area is 154 Å². The number of fused-ring (bicyclic) bond motifs is 2. The summed E-state index contributed by atoms with van der Waals surface area (Å²) >= 11 is 1.80. The third-order valence-electron chi connectivity index (χ3n) is 5.49. The average Bonchev–Trinajstić information content (AvgIpc) is 2.79. The van der Waals surface area contributed by atoms with Gasteiger partial charge in [0.05, 0.1) is 18.3 Å². The second kappa shape index (κ2) is 5.80. The lowest BCUT2D eigenvalue weighted by atomic mass is 9.77. The van der Waals surface area contributed by atoms with Crippen LogP contribution in [0.4, 0.5) is 0 Å². The maximum absolute atomic E-state index is 6.29. The van der Waals surface area contributed by atoms with Gasteiger partial charge in [0.2, 0.25) is 0 Å².